The summed E-state index contributed by atoms with van der Waals surface area (Å²) < 4.78 is 14.7. The summed E-state index contributed by atoms with van der Waals surface area (Å²) in [6.45, 7) is 9.85. The van der Waals surface area contributed by atoms with Crippen LogP contribution in [0.25, 0.3) is 0 Å². The molecule has 0 aliphatic carbocycles. The molecule has 1 aliphatic heterocycles. The molecule has 0 spiro atoms. The summed E-state index contributed by atoms with van der Waals surface area (Å²) >= 11 is 3.38. The molecule has 1 aromatic rings. The SMILES string of the molecule is CCNC(=NCc1cc(Br)ccc1F)NC1CCN(C(C)C)CC1.I. The van der Waals surface area contributed by atoms with Crippen molar-refractivity contribution < 1.29 is 4.39 Å². The van der Waals surface area contributed by atoms with Gasteiger partial charge in [0, 0.05) is 41.8 Å². The topological polar surface area (TPSA) is 39.7 Å². The Labute approximate surface area is 176 Å². The number of rotatable bonds is 5. The summed E-state index contributed by atoms with van der Waals surface area (Å²) in [7, 11) is 0. The van der Waals surface area contributed by atoms with E-state index in [1.54, 1.807) is 12.1 Å². The van der Waals surface area contributed by atoms with Gasteiger partial charge in [-0.05, 0) is 51.8 Å². The first-order chi connectivity index (χ1) is 11.5. The Morgan fingerprint density at radius 1 is 1.36 bits per heavy atom. The predicted octanol–water partition coefficient (Wildman–Crippen LogP) is 4.13. The van der Waals surface area contributed by atoms with Crippen molar-refractivity contribution in [2.75, 3.05) is 19.6 Å². The maximum atomic E-state index is 13.8. The van der Waals surface area contributed by atoms with Crippen molar-refractivity contribution in [1.29, 1.82) is 0 Å². The van der Waals surface area contributed by atoms with Crippen LogP contribution in [0.1, 0.15) is 39.2 Å². The maximum Gasteiger partial charge on any atom is 0.191 e. The van der Waals surface area contributed by atoms with Crippen LogP contribution in [0.5, 0.6) is 0 Å². The fraction of sp³-hybridized carbons (Fsp3) is 0.611. The lowest BCUT2D eigenvalue weighted by atomic mass is 10.0. The van der Waals surface area contributed by atoms with Gasteiger partial charge in [-0.3, -0.25) is 0 Å². The Balaban J connectivity index is 0.00000312. The van der Waals surface area contributed by atoms with E-state index in [0.717, 1.165) is 42.9 Å². The van der Waals surface area contributed by atoms with Gasteiger partial charge in [-0.1, -0.05) is 15.9 Å². The highest BCUT2D eigenvalue weighted by Crippen LogP contribution is 2.16. The number of nitrogens with zero attached hydrogens (tertiary/aromatic N) is 2. The fourth-order valence-electron chi connectivity index (χ4n) is 2.90. The van der Waals surface area contributed by atoms with E-state index in [1.807, 2.05) is 6.92 Å². The number of nitrogens with one attached hydrogen (secondary N) is 2. The number of likely N-dealkylation sites (tertiary alicyclic amines) is 1. The first-order valence-corrected chi connectivity index (χ1v) is 9.51. The number of piperidine rings is 1. The molecule has 1 aromatic carbocycles. The summed E-state index contributed by atoms with van der Waals surface area (Å²) in [6, 6.07) is 5.98. The van der Waals surface area contributed by atoms with Crippen LogP contribution in [0.15, 0.2) is 27.7 Å². The van der Waals surface area contributed by atoms with Crippen LogP contribution in [-0.2, 0) is 6.54 Å². The molecular weight excluding hydrogens is 498 g/mol. The van der Waals surface area contributed by atoms with Gasteiger partial charge >= 0.3 is 0 Å². The highest BCUT2D eigenvalue weighted by atomic mass is 127. The van der Waals surface area contributed by atoms with E-state index in [2.05, 4.69) is 50.3 Å². The van der Waals surface area contributed by atoms with Crippen molar-refractivity contribution in [3.8, 4) is 0 Å². The zero-order valence-corrected chi connectivity index (χ0v) is 19.1. The van der Waals surface area contributed by atoms with Crippen LogP contribution in [0.3, 0.4) is 0 Å². The maximum absolute atomic E-state index is 13.8. The van der Waals surface area contributed by atoms with E-state index >= 15 is 0 Å². The lowest BCUT2D eigenvalue weighted by molar-refractivity contribution is 0.167. The van der Waals surface area contributed by atoms with Gasteiger partial charge in [0.2, 0.25) is 0 Å². The van der Waals surface area contributed by atoms with Crippen LogP contribution < -0.4 is 10.6 Å². The average Bonchev–Trinajstić information content (AvgIpc) is 2.56. The molecule has 1 heterocycles. The summed E-state index contributed by atoms with van der Waals surface area (Å²) in [6.07, 6.45) is 2.21. The average molecular weight is 527 g/mol. The zero-order valence-electron chi connectivity index (χ0n) is 15.2. The molecule has 4 nitrogen and oxygen atoms in total. The van der Waals surface area contributed by atoms with Gasteiger partial charge in [0.1, 0.15) is 5.82 Å². The van der Waals surface area contributed by atoms with Crippen molar-refractivity contribution in [3.63, 3.8) is 0 Å². The monoisotopic (exact) mass is 526 g/mol. The van der Waals surface area contributed by atoms with Crippen LogP contribution in [0.2, 0.25) is 0 Å². The Hall–Kier alpha value is -0.410. The third-order valence-electron chi connectivity index (χ3n) is 4.36. The van der Waals surface area contributed by atoms with E-state index < -0.39 is 0 Å². The van der Waals surface area contributed by atoms with Gasteiger partial charge in [0.05, 0.1) is 6.54 Å². The quantitative estimate of drug-likeness (QED) is 0.344. The molecule has 142 valence electrons. The van der Waals surface area contributed by atoms with Crippen molar-refractivity contribution in [2.24, 2.45) is 4.99 Å². The number of hydrogen-bond acceptors (Lipinski definition) is 2. The molecule has 0 unspecified atom stereocenters. The lowest BCUT2D eigenvalue weighted by Gasteiger charge is -2.35. The summed E-state index contributed by atoms with van der Waals surface area (Å²) in [5.41, 5.74) is 0.594. The van der Waals surface area contributed by atoms with Crippen LogP contribution in [0.4, 0.5) is 4.39 Å². The van der Waals surface area contributed by atoms with Gasteiger partial charge in [-0.2, -0.15) is 0 Å². The molecule has 2 rings (SSSR count). The number of aliphatic imine (C=N–C) groups is 1. The molecule has 0 radical (unpaired) electrons. The molecule has 0 aromatic heterocycles. The highest BCUT2D eigenvalue weighted by molar-refractivity contribution is 14.0. The number of benzene rings is 1. The Kier molecular flexibility index (Phi) is 10.3. The normalized spacial score (nSPS) is 16.6. The van der Waals surface area contributed by atoms with E-state index in [0.29, 0.717) is 24.2 Å². The second-order valence-electron chi connectivity index (χ2n) is 6.48. The fourth-order valence-corrected chi connectivity index (χ4v) is 3.31. The van der Waals surface area contributed by atoms with E-state index in [1.165, 1.54) is 6.07 Å². The summed E-state index contributed by atoms with van der Waals surface area (Å²) in [5, 5.41) is 6.76. The smallest absolute Gasteiger partial charge is 0.191 e. The first kappa shape index (κ1) is 22.6. The molecule has 7 heteroatoms. The summed E-state index contributed by atoms with van der Waals surface area (Å²) in [5.74, 6) is 0.544. The largest absolute Gasteiger partial charge is 0.357 e. The molecule has 0 amide bonds. The van der Waals surface area contributed by atoms with Crippen LogP contribution in [-0.4, -0.2) is 42.6 Å². The van der Waals surface area contributed by atoms with Gasteiger partial charge in [0.15, 0.2) is 5.96 Å². The second-order valence-corrected chi connectivity index (χ2v) is 7.39. The molecule has 0 bridgehead atoms. The third kappa shape index (κ3) is 7.38. The lowest BCUT2D eigenvalue weighted by Crippen LogP contribution is -2.49. The number of halogens is 3. The standard InChI is InChI=1S/C18H28BrFN4.HI/c1-4-21-18(22-12-14-11-15(19)5-6-17(14)20)23-16-7-9-24(10-8-16)13(2)3;/h5-6,11,13,16H,4,7-10,12H2,1-3H3,(H2,21,22,23);1H. The van der Waals surface area contributed by atoms with Crippen molar-refractivity contribution in [2.45, 2.75) is 52.2 Å². The third-order valence-corrected chi connectivity index (χ3v) is 4.85. The van der Waals surface area contributed by atoms with Crippen molar-refractivity contribution in [3.05, 3.63) is 34.1 Å². The Bertz CT molecular complexity index is 560. The minimum Gasteiger partial charge on any atom is -0.357 e. The Morgan fingerprint density at radius 2 is 2.04 bits per heavy atom. The second kappa shape index (κ2) is 11.3. The molecule has 1 saturated heterocycles. The highest BCUT2D eigenvalue weighted by Gasteiger charge is 2.21. The zero-order chi connectivity index (χ0) is 17.5. The van der Waals surface area contributed by atoms with Gasteiger partial charge in [0.25, 0.3) is 0 Å². The van der Waals surface area contributed by atoms with E-state index in [9.17, 15) is 4.39 Å². The van der Waals surface area contributed by atoms with Crippen LogP contribution >= 0.6 is 39.9 Å². The Morgan fingerprint density at radius 3 is 2.64 bits per heavy atom. The van der Waals surface area contributed by atoms with E-state index in [4.69, 9.17) is 0 Å². The minimum atomic E-state index is -0.219. The molecule has 2 N–H and O–H groups in total. The van der Waals surface area contributed by atoms with Crippen molar-refractivity contribution >= 4 is 45.9 Å². The molecule has 0 saturated carbocycles. The molecule has 1 fully saturated rings. The molecular formula is C18H29BrFIN4. The first-order valence-electron chi connectivity index (χ1n) is 8.72. The summed E-state index contributed by atoms with van der Waals surface area (Å²) in [4.78, 5) is 7.05. The molecule has 25 heavy (non-hydrogen) atoms. The van der Waals surface area contributed by atoms with Crippen LogP contribution in [0, 0.1) is 5.82 Å². The minimum absolute atomic E-state index is 0. The molecule has 0 atom stereocenters. The van der Waals surface area contributed by atoms with Crippen molar-refractivity contribution in [1.82, 2.24) is 15.5 Å². The molecule has 1 aliphatic rings. The predicted molar refractivity (Wildman–Crippen MR) is 117 cm³/mol. The number of hydrogen-bond donors (Lipinski definition) is 2. The number of guanidine groups is 1. The van der Waals surface area contributed by atoms with Gasteiger partial charge in [-0.25, -0.2) is 9.38 Å². The van der Waals surface area contributed by atoms with Gasteiger partial charge in [-0.15, -0.1) is 24.0 Å². The van der Waals surface area contributed by atoms with E-state index in [-0.39, 0.29) is 29.8 Å². The van der Waals surface area contributed by atoms with Gasteiger partial charge < -0.3 is 15.5 Å².